The summed E-state index contributed by atoms with van der Waals surface area (Å²) in [5.74, 6) is 0.825. The fraction of sp³-hybridized carbons (Fsp3) is 0.500. The van der Waals surface area contributed by atoms with E-state index in [1.54, 1.807) is 4.90 Å². The lowest BCUT2D eigenvalue weighted by molar-refractivity contribution is 0.157. The summed E-state index contributed by atoms with van der Waals surface area (Å²) in [5, 5.41) is 0. The van der Waals surface area contributed by atoms with E-state index in [2.05, 4.69) is 0 Å². The van der Waals surface area contributed by atoms with Crippen LogP contribution in [0.4, 0.5) is 4.79 Å². The van der Waals surface area contributed by atoms with Gasteiger partial charge in [0.25, 0.3) is 0 Å². The van der Waals surface area contributed by atoms with Gasteiger partial charge in [0.2, 0.25) is 0 Å². The molecular formula is C14H20N2O3. The SMILES string of the molecule is CC(C)Oc1ccc(C(N)CN2CCOC2=O)cc1. The number of cyclic esters (lactones) is 1. The molecule has 0 radical (unpaired) electrons. The number of benzene rings is 1. The van der Waals surface area contributed by atoms with Crippen molar-refractivity contribution in [3.05, 3.63) is 29.8 Å². The Bertz CT molecular complexity index is 431. The van der Waals surface area contributed by atoms with Gasteiger partial charge in [-0.2, -0.15) is 0 Å². The molecule has 0 aromatic heterocycles. The van der Waals surface area contributed by atoms with Gasteiger partial charge in [-0.15, -0.1) is 0 Å². The van der Waals surface area contributed by atoms with Crippen LogP contribution in [0.2, 0.25) is 0 Å². The Morgan fingerprint density at radius 1 is 1.37 bits per heavy atom. The number of rotatable bonds is 5. The summed E-state index contributed by atoms with van der Waals surface area (Å²) in [5.41, 5.74) is 7.08. The van der Waals surface area contributed by atoms with Crippen LogP contribution in [-0.4, -0.2) is 36.8 Å². The van der Waals surface area contributed by atoms with Crippen LogP contribution >= 0.6 is 0 Å². The number of hydrogen-bond acceptors (Lipinski definition) is 4. The molecule has 1 aromatic carbocycles. The van der Waals surface area contributed by atoms with Gasteiger partial charge in [0.15, 0.2) is 0 Å². The monoisotopic (exact) mass is 264 g/mol. The smallest absolute Gasteiger partial charge is 0.410 e. The van der Waals surface area contributed by atoms with E-state index >= 15 is 0 Å². The molecule has 5 heteroatoms. The average Bonchev–Trinajstić information content (AvgIpc) is 2.75. The Kier molecular flexibility index (Phi) is 4.27. The molecule has 104 valence electrons. The molecule has 0 spiro atoms. The minimum absolute atomic E-state index is 0.152. The molecule has 2 N–H and O–H groups in total. The number of carbonyl (C=O) groups is 1. The van der Waals surface area contributed by atoms with E-state index in [1.807, 2.05) is 38.1 Å². The fourth-order valence-corrected chi connectivity index (χ4v) is 2.00. The lowest BCUT2D eigenvalue weighted by Crippen LogP contribution is -2.32. The number of ether oxygens (including phenoxy) is 2. The van der Waals surface area contributed by atoms with E-state index in [1.165, 1.54) is 0 Å². The second-order valence-corrected chi connectivity index (χ2v) is 4.90. The maximum atomic E-state index is 11.3. The highest BCUT2D eigenvalue weighted by Crippen LogP contribution is 2.19. The minimum atomic E-state index is -0.282. The van der Waals surface area contributed by atoms with E-state index in [9.17, 15) is 4.79 Å². The quantitative estimate of drug-likeness (QED) is 0.882. The Balaban J connectivity index is 1.95. The van der Waals surface area contributed by atoms with Crippen LogP contribution in [0.3, 0.4) is 0 Å². The molecular weight excluding hydrogens is 244 g/mol. The third-order valence-electron chi connectivity index (χ3n) is 2.94. The second-order valence-electron chi connectivity index (χ2n) is 4.90. The van der Waals surface area contributed by atoms with Crippen molar-refractivity contribution in [1.82, 2.24) is 4.90 Å². The highest BCUT2D eigenvalue weighted by molar-refractivity contribution is 5.69. The van der Waals surface area contributed by atoms with E-state index < -0.39 is 0 Å². The zero-order chi connectivity index (χ0) is 13.8. The largest absolute Gasteiger partial charge is 0.491 e. The molecule has 1 heterocycles. The fourth-order valence-electron chi connectivity index (χ4n) is 2.00. The third-order valence-corrected chi connectivity index (χ3v) is 2.94. The summed E-state index contributed by atoms with van der Waals surface area (Å²) in [4.78, 5) is 13.0. The van der Waals surface area contributed by atoms with E-state index in [4.69, 9.17) is 15.2 Å². The van der Waals surface area contributed by atoms with Gasteiger partial charge in [-0.1, -0.05) is 12.1 Å². The van der Waals surface area contributed by atoms with E-state index in [0.29, 0.717) is 19.7 Å². The molecule has 2 rings (SSSR count). The van der Waals surface area contributed by atoms with Crippen LogP contribution in [0.5, 0.6) is 5.75 Å². The summed E-state index contributed by atoms with van der Waals surface area (Å²) in [6.45, 7) is 5.51. The van der Waals surface area contributed by atoms with Crippen molar-refractivity contribution in [3.63, 3.8) is 0 Å². The van der Waals surface area contributed by atoms with Gasteiger partial charge in [0, 0.05) is 12.6 Å². The molecule has 1 aliphatic heterocycles. The molecule has 0 saturated carbocycles. The summed E-state index contributed by atoms with van der Waals surface area (Å²) in [6.07, 6.45) is -0.130. The maximum Gasteiger partial charge on any atom is 0.410 e. The zero-order valence-electron chi connectivity index (χ0n) is 11.3. The van der Waals surface area contributed by atoms with Crippen molar-refractivity contribution < 1.29 is 14.3 Å². The number of amides is 1. The van der Waals surface area contributed by atoms with Crippen LogP contribution in [0.15, 0.2) is 24.3 Å². The normalized spacial score (nSPS) is 16.6. The molecule has 0 aliphatic carbocycles. The van der Waals surface area contributed by atoms with Crippen molar-refractivity contribution in [1.29, 1.82) is 0 Å². The average molecular weight is 264 g/mol. The summed E-state index contributed by atoms with van der Waals surface area (Å²) in [7, 11) is 0. The first-order chi connectivity index (χ1) is 9.06. The topological polar surface area (TPSA) is 64.8 Å². The number of carbonyl (C=O) groups excluding carboxylic acids is 1. The predicted molar refractivity (Wildman–Crippen MR) is 72.1 cm³/mol. The molecule has 1 saturated heterocycles. The Morgan fingerprint density at radius 3 is 2.58 bits per heavy atom. The van der Waals surface area contributed by atoms with Crippen molar-refractivity contribution in [2.45, 2.75) is 26.0 Å². The number of nitrogens with two attached hydrogens (primary N) is 1. The number of hydrogen-bond donors (Lipinski definition) is 1. The van der Waals surface area contributed by atoms with Gasteiger partial charge in [-0.3, -0.25) is 0 Å². The number of nitrogens with zero attached hydrogens (tertiary/aromatic N) is 1. The first-order valence-corrected chi connectivity index (χ1v) is 6.50. The molecule has 0 bridgehead atoms. The zero-order valence-corrected chi connectivity index (χ0v) is 11.3. The van der Waals surface area contributed by atoms with Gasteiger partial charge in [-0.25, -0.2) is 4.79 Å². The standard InChI is InChI=1S/C14H20N2O3/c1-10(2)19-12-5-3-11(4-6-12)13(15)9-16-7-8-18-14(16)17/h3-6,10,13H,7-9,15H2,1-2H3. The van der Waals surface area contributed by atoms with Gasteiger partial charge >= 0.3 is 6.09 Å². The van der Waals surface area contributed by atoms with Crippen molar-refractivity contribution in [2.75, 3.05) is 19.7 Å². The summed E-state index contributed by atoms with van der Waals surface area (Å²) < 4.78 is 10.5. The molecule has 1 aromatic rings. The van der Waals surface area contributed by atoms with Crippen molar-refractivity contribution in [2.24, 2.45) is 5.73 Å². The van der Waals surface area contributed by atoms with Crippen LogP contribution in [-0.2, 0) is 4.74 Å². The molecule has 1 amide bonds. The van der Waals surface area contributed by atoms with Crippen LogP contribution in [0.25, 0.3) is 0 Å². The Hall–Kier alpha value is -1.75. The van der Waals surface area contributed by atoms with Gasteiger partial charge in [-0.05, 0) is 31.5 Å². The lowest BCUT2D eigenvalue weighted by atomic mass is 10.1. The first-order valence-electron chi connectivity index (χ1n) is 6.50. The van der Waals surface area contributed by atoms with Crippen molar-refractivity contribution in [3.8, 4) is 5.75 Å². The summed E-state index contributed by atoms with van der Waals surface area (Å²) >= 11 is 0. The molecule has 19 heavy (non-hydrogen) atoms. The van der Waals surface area contributed by atoms with Crippen LogP contribution in [0, 0.1) is 0 Å². The van der Waals surface area contributed by atoms with Gasteiger partial charge in [0.1, 0.15) is 12.4 Å². The molecule has 1 unspecified atom stereocenters. The second kappa shape index (κ2) is 5.93. The van der Waals surface area contributed by atoms with Crippen LogP contribution < -0.4 is 10.5 Å². The summed E-state index contributed by atoms with van der Waals surface area (Å²) in [6, 6.07) is 7.46. The van der Waals surface area contributed by atoms with Gasteiger partial charge in [0.05, 0.1) is 12.6 Å². The maximum absolute atomic E-state index is 11.3. The van der Waals surface area contributed by atoms with E-state index in [-0.39, 0.29) is 18.2 Å². The van der Waals surface area contributed by atoms with Gasteiger partial charge < -0.3 is 20.1 Å². The molecule has 1 aliphatic rings. The minimum Gasteiger partial charge on any atom is -0.491 e. The highest BCUT2D eigenvalue weighted by Gasteiger charge is 2.24. The molecule has 1 atom stereocenters. The highest BCUT2D eigenvalue weighted by atomic mass is 16.6. The van der Waals surface area contributed by atoms with E-state index in [0.717, 1.165) is 11.3 Å². The lowest BCUT2D eigenvalue weighted by Gasteiger charge is -2.19. The Labute approximate surface area is 113 Å². The predicted octanol–water partition coefficient (Wildman–Crippen LogP) is 1.93. The molecule has 1 fully saturated rings. The Morgan fingerprint density at radius 2 is 2.05 bits per heavy atom. The molecule has 5 nitrogen and oxygen atoms in total. The van der Waals surface area contributed by atoms with Crippen LogP contribution in [0.1, 0.15) is 25.5 Å². The third kappa shape index (κ3) is 3.61. The first kappa shape index (κ1) is 13.7. The van der Waals surface area contributed by atoms with Crippen molar-refractivity contribution >= 4 is 6.09 Å².